The molecule has 0 spiro atoms. The molecule has 7 nitrogen and oxygen atoms in total. The maximum absolute atomic E-state index is 13.3. The van der Waals surface area contributed by atoms with E-state index in [2.05, 4.69) is 10.3 Å². The second-order valence-electron chi connectivity index (χ2n) is 8.10. The second kappa shape index (κ2) is 9.75. The number of hydrogen-bond donors (Lipinski definition) is 1. The van der Waals surface area contributed by atoms with Gasteiger partial charge in [0.2, 0.25) is 5.28 Å². The lowest BCUT2D eigenvalue weighted by molar-refractivity contribution is 0.0652. The molecule has 2 heterocycles. The Balaban J connectivity index is 1.67. The Kier molecular flexibility index (Phi) is 6.91. The van der Waals surface area contributed by atoms with Crippen molar-refractivity contribution in [2.24, 2.45) is 0 Å². The summed E-state index contributed by atoms with van der Waals surface area (Å²) in [7, 11) is 1.52. The number of carbonyl (C=O) groups is 2. The minimum Gasteiger partial charge on any atom is -0.355 e. The van der Waals surface area contributed by atoms with Gasteiger partial charge in [-0.3, -0.25) is 19.0 Å². The normalized spacial score (nSPS) is 15.2. The van der Waals surface area contributed by atoms with Crippen molar-refractivity contribution in [3.05, 3.63) is 91.1 Å². The number of fused-ring (bicyclic) bond motifs is 1. The fraction of sp³-hybridized carbons (Fsp3) is 0.250. The van der Waals surface area contributed by atoms with Crippen LogP contribution in [0.25, 0.3) is 5.69 Å². The van der Waals surface area contributed by atoms with Crippen LogP contribution in [0.3, 0.4) is 0 Å². The third-order valence-corrected chi connectivity index (χ3v) is 6.52. The Labute approximate surface area is 209 Å². The first-order valence-corrected chi connectivity index (χ1v) is 11.4. The Morgan fingerprint density at radius 1 is 1.11 bits per heavy atom. The van der Waals surface area contributed by atoms with Crippen LogP contribution in [0.4, 0.5) is 8.78 Å². The van der Waals surface area contributed by atoms with Crippen LogP contribution in [0, 0.1) is 0 Å². The van der Waals surface area contributed by atoms with Gasteiger partial charge in [0, 0.05) is 40.4 Å². The minimum absolute atomic E-state index is 0.00657. The van der Waals surface area contributed by atoms with E-state index in [1.165, 1.54) is 28.6 Å². The highest BCUT2D eigenvalue weighted by Crippen LogP contribution is 2.30. The number of halogens is 4. The van der Waals surface area contributed by atoms with Crippen LogP contribution in [0.2, 0.25) is 10.3 Å². The minimum atomic E-state index is -2.82. The zero-order valence-electron chi connectivity index (χ0n) is 18.7. The summed E-state index contributed by atoms with van der Waals surface area (Å²) in [6.45, 7) is 1.76. The standard InChI is InChI=1S/C24H20Cl2F2N4O3/c1-12-9-17-19(11-31(12)22(34)14-5-8-18(25)16(10-14)20(27)28)30-24(26)32(23(17)35)15-6-3-13(4-7-15)21(33)29-2/h3-8,10,12,20H,9,11H2,1-2H3,(H,29,33). The molecule has 0 radical (unpaired) electrons. The number of alkyl halides is 2. The maximum atomic E-state index is 13.3. The number of aromatic nitrogens is 2. The van der Waals surface area contributed by atoms with E-state index in [0.717, 1.165) is 6.07 Å². The molecule has 0 fully saturated rings. The van der Waals surface area contributed by atoms with Gasteiger partial charge in [0.05, 0.1) is 17.9 Å². The molecule has 1 aromatic heterocycles. The summed E-state index contributed by atoms with van der Waals surface area (Å²) in [5.41, 5.74) is 0.877. The first-order valence-electron chi connectivity index (χ1n) is 10.6. The summed E-state index contributed by atoms with van der Waals surface area (Å²) in [5.74, 6) is -0.743. The molecule has 0 bridgehead atoms. The predicted octanol–water partition coefficient (Wildman–Crippen LogP) is 4.42. The average molecular weight is 521 g/mol. The molecule has 182 valence electrons. The van der Waals surface area contributed by atoms with Crippen molar-refractivity contribution >= 4 is 35.0 Å². The van der Waals surface area contributed by atoms with E-state index >= 15 is 0 Å². The molecule has 1 N–H and O–H groups in total. The first kappa shape index (κ1) is 24.8. The number of carbonyl (C=O) groups excluding carboxylic acids is 2. The van der Waals surface area contributed by atoms with Gasteiger partial charge in [-0.2, -0.15) is 0 Å². The second-order valence-corrected chi connectivity index (χ2v) is 8.84. The molecule has 2 amide bonds. The van der Waals surface area contributed by atoms with Gasteiger partial charge >= 0.3 is 0 Å². The number of rotatable bonds is 4. The van der Waals surface area contributed by atoms with Crippen molar-refractivity contribution in [3.63, 3.8) is 0 Å². The third-order valence-electron chi connectivity index (χ3n) is 5.93. The summed E-state index contributed by atoms with van der Waals surface area (Å²) < 4.78 is 27.7. The number of nitrogens with one attached hydrogen (secondary N) is 1. The first-order chi connectivity index (χ1) is 16.6. The van der Waals surface area contributed by atoms with Crippen LogP contribution in [0.15, 0.2) is 47.3 Å². The molecule has 11 heteroatoms. The van der Waals surface area contributed by atoms with Gasteiger partial charge in [-0.15, -0.1) is 0 Å². The summed E-state index contributed by atoms with van der Waals surface area (Å²) in [5, 5.41) is 2.30. The monoisotopic (exact) mass is 520 g/mol. The summed E-state index contributed by atoms with van der Waals surface area (Å²) >= 11 is 12.2. The van der Waals surface area contributed by atoms with Crippen molar-refractivity contribution in [3.8, 4) is 5.69 Å². The van der Waals surface area contributed by atoms with Crippen LogP contribution >= 0.6 is 23.2 Å². The Bertz CT molecular complexity index is 1380. The molecule has 1 atom stereocenters. The predicted molar refractivity (Wildman–Crippen MR) is 128 cm³/mol. The number of benzene rings is 2. The van der Waals surface area contributed by atoms with Crippen molar-refractivity contribution in [2.45, 2.75) is 32.4 Å². The summed E-state index contributed by atoms with van der Waals surface area (Å²) in [6, 6.07) is 9.66. The van der Waals surface area contributed by atoms with Gasteiger partial charge in [-0.1, -0.05) is 11.6 Å². The van der Waals surface area contributed by atoms with Crippen LogP contribution in [-0.2, 0) is 13.0 Å². The molecule has 35 heavy (non-hydrogen) atoms. The molecule has 3 aromatic rings. The molecule has 0 saturated heterocycles. The van der Waals surface area contributed by atoms with Gasteiger partial charge in [-0.05, 0) is 67.4 Å². The molecule has 1 aliphatic rings. The molecular weight excluding hydrogens is 501 g/mol. The van der Waals surface area contributed by atoms with Crippen molar-refractivity contribution in [1.29, 1.82) is 0 Å². The Morgan fingerprint density at radius 2 is 1.77 bits per heavy atom. The van der Waals surface area contributed by atoms with Crippen LogP contribution in [-0.4, -0.2) is 39.4 Å². The highest BCUT2D eigenvalue weighted by Gasteiger charge is 2.32. The zero-order valence-corrected chi connectivity index (χ0v) is 20.2. The topological polar surface area (TPSA) is 84.3 Å². The van der Waals surface area contributed by atoms with Crippen LogP contribution in [0.1, 0.15) is 50.9 Å². The largest absolute Gasteiger partial charge is 0.355 e. The quantitative estimate of drug-likeness (QED) is 0.516. The zero-order chi connectivity index (χ0) is 25.4. The number of amides is 2. The average Bonchev–Trinajstić information content (AvgIpc) is 2.84. The Hall–Kier alpha value is -3.30. The van der Waals surface area contributed by atoms with Gasteiger partial charge < -0.3 is 10.2 Å². The van der Waals surface area contributed by atoms with Gasteiger partial charge in [0.25, 0.3) is 23.8 Å². The van der Waals surface area contributed by atoms with Gasteiger partial charge in [0.15, 0.2) is 0 Å². The van der Waals surface area contributed by atoms with E-state index < -0.39 is 23.9 Å². The fourth-order valence-electron chi connectivity index (χ4n) is 4.04. The smallest absolute Gasteiger partial charge is 0.265 e. The van der Waals surface area contributed by atoms with Gasteiger partial charge in [0.1, 0.15) is 0 Å². The molecule has 1 aliphatic heterocycles. The van der Waals surface area contributed by atoms with Crippen LogP contribution < -0.4 is 10.9 Å². The van der Waals surface area contributed by atoms with E-state index in [1.807, 2.05) is 0 Å². The van der Waals surface area contributed by atoms with Crippen molar-refractivity contribution in [2.75, 3.05) is 7.05 Å². The molecule has 0 saturated carbocycles. The van der Waals surface area contributed by atoms with Crippen LogP contribution in [0.5, 0.6) is 0 Å². The van der Waals surface area contributed by atoms with Gasteiger partial charge in [-0.25, -0.2) is 13.8 Å². The van der Waals surface area contributed by atoms with E-state index in [9.17, 15) is 23.2 Å². The molecular formula is C24H20Cl2F2N4O3. The van der Waals surface area contributed by atoms with E-state index in [0.29, 0.717) is 22.5 Å². The lowest BCUT2D eigenvalue weighted by atomic mass is 9.98. The highest BCUT2D eigenvalue weighted by molar-refractivity contribution is 6.31. The molecule has 4 rings (SSSR count). The van der Waals surface area contributed by atoms with Crippen molar-refractivity contribution in [1.82, 2.24) is 19.8 Å². The Morgan fingerprint density at radius 3 is 2.40 bits per heavy atom. The summed E-state index contributed by atoms with van der Waals surface area (Å²) in [6.07, 6.45) is -2.62. The molecule has 2 aromatic carbocycles. The maximum Gasteiger partial charge on any atom is 0.265 e. The third kappa shape index (κ3) is 4.66. The van der Waals surface area contributed by atoms with E-state index in [4.69, 9.17) is 23.2 Å². The number of nitrogens with zero attached hydrogens (tertiary/aromatic N) is 3. The SMILES string of the molecule is CNC(=O)c1ccc(-n2c(Cl)nc3c(c2=O)CC(C)N(C(=O)c2ccc(Cl)c(C(F)F)c2)C3)cc1. The van der Waals surface area contributed by atoms with Crippen molar-refractivity contribution < 1.29 is 18.4 Å². The van der Waals surface area contributed by atoms with E-state index in [1.54, 1.807) is 31.2 Å². The number of hydrogen-bond acceptors (Lipinski definition) is 4. The van der Waals surface area contributed by atoms with E-state index in [-0.39, 0.29) is 40.3 Å². The molecule has 1 unspecified atom stereocenters. The fourth-order valence-corrected chi connectivity index (χ4v) is 4.52. The summed E-state index contributed by atoms with van der Waals surface area (Å²) in [4.78, 5) is 44.1. The highest BCUT2D eigenvalue weighted by atomic mass is 35.5. The lowest BCUT2D eigenvalue weighted by Gasteiger charge is -2.34. The lowest BCUT2D eigenvalue weighted by Crippen LogP contribution is -2.45. The molecule has 0 aliphatic carbocycles.